The molecule has 66 heavy (non-hydrogen) atoms. The van der Waals surface area contributed by atoms with E-state index in [-0.39, 0.29) is 26.1 Å². The largest absolute Gasteiger partial charge is 0.756 e. The van der Waals surface area contributed by atoms with Gasteiger partial charge in [-0.3, -0.25) is 14.2 Å². The summed E-state index contributed by atoms with van der Waals surface area (Å²) in [5.41, 5.74) is 0. The summed E-state index contributed by atoms with van der Waals surface area (Å²) in [6, 6.07) is 0. The molecule has 2 unspecified atom stereocenters. The molecule has 0 aromatic rings. The minimum absolute atomic E-state index is 0.0507. The highest BCUT2D eigenvalue weighted by Crippen LogP contribution is 2.38. The van der Waals surface area contributed by atoms with Crippen molar-refractivity contribution in [1.29, 1.82) is 0 Å². The van der Waals surface area contributed by atoms with Crippen LogP contribution in [-0.2, 0) is 32.7 Å². The van der Waals surface area contributed by atoms with Crippen LogP contribution in [0.1, 0.15) is 155 Å². The summed E-state index contributed by atoms with van der Waals surface area (Å²) in [5, 5.41) is 0. The van der Waals surface area contributed by atoms with Crippen molar-refractivity contribution in [2.24, 2.45) is 0 Å². The fraction of sp³-hybridized carbons (Fsp3) is 0.571. The summed E-state index contributed by atoms with van der Waals surface area (Å²) in [6.07, 6.45) is 66.2. The highest BCUT2D eigenvalue weighted by Gasteiger charge is 2.21. The minimum atomic E-state index is -4.66. The lowest BCUT2D eigenvalue weighted by Crippen LogP contribution is -2.37. The summed E-state index contributed by atoms with van der Waals surface area (Å²) in [6.45, 7) is 3.90. The van der Waals surface area contributed by atoms with E-state index in [1.165, 1.54) is 0 Å². The number of rotatable bonds is 43. The second-order valence-corrected chi connectivity index (χ2v) is 18.5. The fourth-order valence-corrected chi connectivity index (χ4v) is 6.59. The molecule has 0 aliphatic rings. The first-order valence-electron chi connectivity index (χ1n) is 24.9. The van der Waals surface area contributed by atoms with Crippen LogP contribution in [0, 0.1) is 0 Å². The molecule has 0 bridgehead atoms. The Morgan fingerprint density at radius 1 is 0.470 bits per heavy atom. The summed E-state index contributed by atoms with van der Waals surface area (Å²) in [5.74, 6) is -0.916. The minimum Gasteiger partial charge on any atom is -0.756 e. The van der Waals surface area contributed by atoms with Gasteiger partial charge in [0.15, 0.2) is 6.10 Å². The van der Waals surface area contributed by atoms with Crippen LogP contribution < -0.4 is 4.89 Å². The fourth-order valence-electron chi connectivity index (χ4n) is 5.86. The van der Waals surface area contributed by atoms with E-state index in [1.54, 1.807) is 0 Å². The molecule has 9 nitrogen and oxygen atoms in total. The van der Waals surface area contributed by atoms with Gasteiger partial charge in [-0.2, -0.15) is 0 Å². The van der Waals surface area contributed by atoms with Crippen molar-refractivity contribution in [3.8, 4) is 0 Å². The Morgan fingerprint density at radius 2 is 0.818 bits per heavy atom. The van der Waals surface area contributed by atoms with Crippen molar-refractivity contribution >= 4 is 19.8 Å². The molecule has 0 amide bonds. The van der Waals surface area contributed by atoms with Crippen molar-refractivity contribution < 1.29 is 42.1 Å². The highest BCUT2D eigenvalue weighted by molar-refractivity contribution is 7.45. The van der Waals surface area contributed by atoms with Gasteiger partial charge >= 0.3 is 11.9 Å². The van der Waals surface area contributed by atoms with Gasteiger partial charge < -0.3 is 27.9 Å². The van der Waals surface area contributed by atoms with Gasteiger partial charge in [0, 0.05) is 12.8 Å². The van der Waals surface area contributed by atoms with E-state index in [9.17, 15) is 19.0 Å². The first-order chi connectivity index (χ1) is 32.0. The van der Waals surface area contributed by atoms with Crippen LogP contribution >= 0.6 is 7.82 Å². The van der Waals surface area contributed by atoms with Crippen LogP contribution in [0.3, 0.4) is 0 Å². The van der Waals surface area contributed by atoms with Gasteiger partial charge in [-0.05, 0) is 109 Å². The number of carbonyl (C=O) groups is 2. The SMILES string of the molecule is CC/C=C\C/C=C\C/C=C\C/C=C\C/C=C\C/C=C\CCCCCCC(=O)OC(COC(=O)CCCCC/C=C\C/C=C\C/C=C\C/C=C\C/C=C\CC)COP(=O)([O-])OCC[N+](C)(C)C. The predicted molar refractivity (Wildman–Crippen MR) is 277 cm³/mol. The van der Waals surface area contributed by atoms with Gasteiger partial charge in [0.25, 0.3) is 7.82 Å². The van der Waals surface area contributed by atoms with E-state index in [4.69, 9.17) is 18.5 Å². The Labute approximate surface area is 402 Å². The lowest BCUT2D eigenvalue weighted by molar-refractivity contribution is -0.870. The van der Waals surface area contributed by atoms with Crippen molar-refractivity contribution in [1.82, 2.24) is 0 Å². The maximum absolute atomic E-state index is 12.7. The van der Waals surface area contributed by atoms with Gasteiger partial charge in [-0.25, -0.2) is 0 Å². The van der Waals surface area contributed by atoms with Crippen LogP contribution in [0.5, 0.6) is 0 Å². The number of phosphoric acid groups is 1. The zero-order chi connectivity index (χ0) is 48.5. The maximum Gasteiger partial charge on any atom is 0.306 e. The lowest BCUT2D eigenvalue weighted by Gasteiger charge is -2.28. The van der Waals surface area contributed by atoms with Gasteiger partial charge in [0.05, 0.1) is 27.7 Å². The molecule has 10 heteroatoms. The number of esters is 2. The average molecular weight is 936 g/mol. The molecule has 0 saturated heterocycles. The number of nitrogens with zero attached hydrogens (tertiary/aromatic N) is 1. The Morgan fingerprint density at radius 3 is 1.21 bits per heavy atom. The molecular weight excluding hydrogens is 846 g/mol. The molecule has 0 fully saturated rings. The average Bonchev–Trinajstić information content (AvgIpc) is 3.27. The summed E-state index contributed by atoms with van der Waals surface area (Å²) in [7, 11) is 1.10. The third-order valence-electron chi connectivity index (χ3n) is 9.67. The van der Waals surface area contributed by atoms with Crippen molar-refractivity contribution in [3.05, 3.63) is 134 Å². The molecule has 0 aliphatic carbocycles. The Bertz CT molecular complexity index is 1570. The molecule has 0 radical (unpaired) electrons. The van der Waals surface area contributed by atoms with E-state index < -0.39 is 32.5 Å². The molecule has 372 valence electrons. The Kier molecular flexibility index (Phi) is 43.6. The molecular formula is C56H90NO8P. The van der Waals surface area contributed by atoms with Crippen LogP contribution in [-0.4, -0.2) is 70.0 Å². The topological polar surface area (TPSA) is 111 Å². The smallest absolute Gasteiger partial charge is 0.306 e. The standard InChI is InChI=1S/C56H90NO8P/c1-6-8-10-12-14-16-18-20-22-24-26-27-28-29-31-33-35-37-39-41-43-45-47-49-56(59)65-54(53-64-66(60,61)63-51-50-57(3,4)5)52-62-55(58)48-46-44-42-40-38-36-34-32-30-25-23-21-19-17-15-13-11-9-7-2/h8-11,14-17,20-23,26-27,29-32,35-38,54H,6-7,12-13,18-19,24-25,28,33-34,39-53H2,1-5H3/b10-8-,11-9-,16-14-,17-15-,22-20-,23-21-,27-26-,31-29-,32-30-,37-35-,38-36-. The second-order valence-electron chi connectivity index (χ2n) is 17.1. The molecule has 0 N–H and O–H groups in total. The molecule has 0 rings (SSSR count). The van der Waals surface area contributed by atoms with Crippen molar-refractivity contribution in [3.63, 3.8) is 0 Å². The van der Waals surface area contributed by atoms with Crippen LogP contribution in [0.4, 0.5) is 0 Å². The summed E-state index contributed by atoms with van der Waals surface area (Å²) in [4.78, 5) is 37.7. The van der Waals surface area contributed by atoms with E-state index >= 15 is 0 Å². The quantitative estimate of drug-likeness (QED) is 0.0195. The number of carbonyl (C=O) groups excluding carboxylic acids is 2. The number of hydrogen-bond donors (Lipinski definition) is 0. The number of allylic oxidation sites excluding steroid dienone is 22. The molecule has 0 spiro atoms. The van der Waals surface area contributed by atoms with Crippen LogP contribution in [0.2, 0.25) is 0 Å². The van der Waals surface area contributed by atoms with Crippen LogP contribution in [0.15, 0.2) is 134 Å². The maximum atomic E-state index is 12.7. The number of unbranched alkanes of at least 4 members (excludes halogenated alkanes) is 7. The zero-order valence-corrected chi connectivity index (χ0v) is 42.7. The first kappa shape index (κ1) is 62.1. The van der Waals surface area contributed by atoms with Gasteiger partial charge in [0.1, 0.15) is 19.8 Å². The van der Waals surface area contributed by atoms with E-state index in [2.05, 4.69) is 148 Å². The van der Waals surface area contributed by atoms with Gasteiger partial charge in [0.2, 0.25) is 0 Å². The van der Waals surface area contributed by atoms with Gasteiger partial charge in [-0.15, -0.1) is 0 Å². The summed E-state index contributed by atoms with van der Waals surface area (Å²) < 4.78 is 34.0. The molecule has 0 heterocycles. The third-order valence-corrected chi connectivity index (χ3v) is 10.6. The van der Waals surface area contributed by atoms with E-state index in [1.807, 2.05) is 21.1 Å². The predicted octanol–water partition coefficient (Wildman–Crippen LogP) is 14.4. The number of quaternary nitrogens is 1. The number of hydrogen-bond acceptors (Lipinski definition) is 8. The van der Waals surface area contributed by atoms with Crippen molar-refractivity contribution in [2.75, 3.05) is 47.5 Å². The Balaban J connectivity index is 4.44. The number of ether oxygens (including phenoxy) is 2. The van der Waals surface area contributed by atoms with E-state index in [0.717, 1.165) is 116 Å². The summed E-state index contributed by atoms with van der Waals surface area (Å²) >= 11 is 0. The molecule has 0 aromatic carbocycles. The molecule has 0 saturated carbocycles. The molecule has 0 aliphatic heterocycles. The number of likely N-dealkylation sites (N-methyl/N-ethyl adjacent to an activating group) is 1. The second kappa shape index (κ2) is 46.3. The molecule has 0 aromatic heterocycles. The lowest BCUT2D eigenvalue weighted by atomic mass is 10.1. The first-order valence-corrected chi connectivity index (χ1v) is 26.4. The molecule has 2 atom stereocenters. The zero-order valence-electron chi connectivity index (χ0n) is 41.8. The van der Waals surface area contributed by atoms with Gasteiger partial charge in [-0.1, -0.05) is 167 Å². The van der Waals surface area contributed by atoms with Crippen molar-refractivity contribution in [2.45, 2.75) is 161 Å². The monoisotopic (exact) mass is 936 g/mol. The van der Waals surface area contributed by atoms with E-state index in [0.29, 0.717) is 23.9 Å². The normalized spacial score (nSPS) is 14.6. The van der Waals surface area contributed by atoms with Crippen LogP contribution in [0.25, 0.3) is 0 Å². The number of phosphoric ester groups is 1. The Hall–Kier alpha value is -3.85. The highest BCUT2D eigenvalue weighted by atomic mass is 31.2. The third kappa shape index (κ3) is 49.6.